The molecule has 0 saturated carbocycles. The molecule has 1 amide bonds. The van der Waals surface area contributed by atoms with Crippen molar-refractivity contribution >= 4 is 34.5 Å². The number of likely N-dealkylation sites (N-methyl/N-ethyl adjacent to an activating group) is 1. The van der Waals surface area contributed by atoms with Crippen LogP contribution in [0.5, 0.6) is 0 Å². The SMILES string of the molecule is CNC(=O)c1ccc(-c2ccc3ncc(Sn4ncc5ncc(-c6cnn(CCN(C)C)c6)cc54)n3c2)cc1F. The molecule has 0 bridgehead atoms. The lowest BCUT2D eigenvalue weighted by Gasteiger charge is -2.08. The van der Waals surface area contributed by atoms with Crippen LogP contribution in [-0.4, -0.2) is 71.8 Å². The highest BCUT2D eigenvalue weighted by Gasteiger charge is 2.15. The topological polar surface area (TPSA) is 98.2 Å². The van der Waals surface area contributed by atoms with Crippen LogP contribution in [0.3, 0.4) is 0 Å². The van der Waals surface area contributed by atoms with E-state index < -0.39 is 11.7 Å². The fourth-order valence-electron chi connectivity index (χ4n) is 4.35. The Morgan fingerprint density at radius 3 is 2.60 bits per heavy atom. The summed E-state index contributed by atoms with van der Waals surface area (Å²) < 4.78 is 20.3. The molecule has 12 heteroatoms. The second kappa shape index (κ2) is 10.5. The number of hydrogen-bond donors (Lipinski definition) is 1. The molecule has 0 spiro atoms. The van der Waals surface area contributed by atoms with E-state index in [-0.39, 0.29) is 5.56 Å². The van der Waals surface area contributed by atoms with Gasteiger partial charge in [-0.3, -0.25) is 18.9 Å². The van der Waals surface area contributed by atoms with Crippen molar-refractivity contribution in [2.75, 3.05) is 27.7 Å². The standard InChI is InChI=1S/C28H26FN9OS/c1-30-28(39)22-6-4-18(10-23(22)29)19-5-7-26-32-15-27(37(26)17-19)40-38-25-11-20(12-31-24(25)14-34-38)21-13-33-36(16-21)9-8-35(2)3/h4-7,10-17H,8-9H2,1-3H3,(H,30,39). The summed E-state index contributed by atoms with van der Waals surface area (Å²) in [5.74, 6) is -1.04. The molecule has 6 rings (SSSR count). The summed E-state index contributed by atoms with van der Waals surface area (Å²) in [6, 6.07) is 10.4. The molecular formula is C28H26FN9OS. The van der Waals surface area contributed by atoms with Gasteiger partial charge in [0.05, 0.1) is 30.7 Å². The van der Waals surface area contributed by atoms with Gasteiger partial charge in [-0.15, -0.1) is 0 Å². The average molecular weight is 556 g/mol. The van der Waals surface area contributed by atoms with Crippen LogP contribution in [0.2, 0.25) is 0 Å². The van der Waals surface area contributed by atoms with Crippen molar-refractivity contribution in [2.45, 2.75) is 11.6 Å². The molecular weight excluding hydrogens is 529 g/mol. The van der Waals surface area contributed by atoms with Crippen LogP contribution < -0.4 is 5.32 Å². The van der Waals surface area contributed by atoms with Crippen molar-refractivity contribution in [3.63, 3.8) is 0 Å². The van der Waals surface area contributed by atoms with E-state index >= 15 is 0 Å². The van der Waals surface area contributed by atoms with Gasteiger partial charge in [-0.25, -0.2) is 9.37 Å². The number of carbonyl (C=O) groups is 1. The monoisotopic (exact) mass is 555 g/mol. The number of pyridine rings is 2. The highest BCUT2D eigenvalue weighted by Crippen LogP contribution is 2.30. The van der Waals surface area contributed by atoms with Gasteiger partial charge in [-0.05, 0) is 55.6 Å². The molecule has 0 aliphatic rings. The molecule has 0 atom stereocenters. The Kier molecular flexibility index (Phi) is 6.78. The zero-order valence-electron chi connectivity index (χ0n) is 22.1. The first-order chi connectivity index (χ1) is 19.4. The highest BCUT2D eigenvalue weighted by molar-refractivity contribution is 7.97. The van der Waals surface area contributed by atoms with Crippen molar-refractivity contribution in [3.05, 3.63) is 85.0 Å². The van der Waals surface area contributed by atoms with Crippen LogP contribution in [0.25, 0.3) is 38.9 Å². The van der Waals surface area contributed by atoms with Crippen molar-refractivity contribution in [1.29, 1.82) is 0 Å². The summed E-state index contributed by atoms with van der Waals surface area (Å²) in [6.07, 6.45) is 11.1. The van der Waals surface area contributed by atoms with Gasteiger partial charge < -0.3 is 10.2 Å². The maximum Gasteiger partial charge on any atom is 0.253 e. The maximum absolute atomic E-state index is 14.6. The number of amides is 1. The van der Waals surface area contributed by atoms with E-state index in [1.165, 1.54) is 31.1 Å². The van der Waals surface area contributed by atoms with E-state index in [0.717, 1.165) is 51.5 Å². The number of nitrogens with zero attached hydrogens (tertiary/aromatic N) is 8. The van der Waals surface area contributed by atoms with Gasteiger partial charge in [0.15, 0.2) is 0 Å². The minimum atomic E-state index is -0.577. The summed E-state index contributed by atoms with van der Waals surface area (Å²) in [5.41, 5.74) is 5.77. The number of benzene rings is 1. The molecule has 0 aliphatic carbocycles. The van der Waals surface area contributed by atoms with Crippen molar-refractivity contribution in [2.24, 2.45) is 0 Å². The quantitative estimate of drug-likeness (QED) is 0.300. The lowest BCUT2D eigenvalue weighted by atomic mass is 10.0. The predicted octanol–water partition coefficient (Wildman–Crippen LogP) is 4.23. The van der Waals surface area contributed by atoms with Crippen LogP contribution in [0, 0.1) is 5.82 Å². The van der Waals surface area contributed by atoms with E-state index in [1.54, 1.807) is 18.5 Å². The van der Waals surface area contributed by atoms with Crippen LogP contribution in [-0.2, 0) is 6.54 Å². The van der Waals surface area contributed by atoms with Crippen molar-refractivity contribution in [1.82, 2.24) is 43.6 Å². The molecule has 0 fully saturated rings. The third-order valence-corrected chi connectivity index (χ3v) is 7.51. The Morgan fingerprint density at radius 1 is 0.950 bits per heavy atom. The molecule has 0 radical (unpaired) electrons. The second-order valence-corrected chi connectivity index (χ2v) is 10.5. The Labute approximate surface area is 233 Å². The van der Waals surface area contributed by atoms with E-state index in [9.17, 15) is 9.18 Å². The summed E-state index contributed by atoms with van der Waals surface area (Å²) in [4.78, 5) is 23.1. The van der Waals surface area contributed by atoms with Gasteiger partial charge in [-0.1, -0.05) is 6.07 Å². The number of fused-ring (bicyclic) bond motifs is 2. The molecule has 6 aromatic rings. The normalized spacial score (nSPS) is 11.6. The first kappa shape index (κ1) is 25.7. The minimum Gasteiger partial charge on any atom is -0.355 e. The second-order valence-electron chi connectivity index (χ2n) is 9.55. The third-order valence-electron chi connectivity index (χ3n) is 6.56. The molecule has 40 heavy (non-hydrogen) atoms. The summed E-state index contributed by atoms with van der Waals surface area (Å²) in [5, 5.41) is 12.3. The van der Waals surface area contributed by atoms with E-state index in [2.05, 4.69) is 36.4 Å². The molecule has 202 valence electrons. The van der Waals surface area contributed by atoms with Crippen molar-refractivity contribution in [3.8, 4) is 22.3 Å². The maximum atomic E-state index is 14.6. The number of halogens is 1. The minimum absolute atomic E-state index is 0.00523. The van der Waals surface area contributed by atoms with Gasteiger partial charge in [-0.2, -0.15) is 14.3 Å². The summed E-state index contributed by atoms with van der Waals surface area (Å²) in [6.45, 7) is 1.71. The van der Waals surface area contributed by atoms with Crippen LogP contribution in [0.1, 0.15) is 10.4 Å². The fourth-order valence-corrected chi connectivity index (χ4v) is 5.20. The van der Waals surface area contributed by atoms with E-state index in [1.807, 2.05) is 64.2 Å². The molecule has 0 saturated heterocycles. The number of imidazole rings is 1. The smallest absolute Gasteiger partial charge is 0.253 e. The average Bonchev–Trinajstić information content (AvgIpc) is 3.70. The number of aromatic nitrogens is 7. The largest absolute Gasteiger partial charge is 0.355 e. The fraction of sp³-hybridized carbons (Fsp3) is 0.179. The van der Waals surface area contributed by atoms with Gasteiger partial charge >= 0.3 is 0 Å². The molecule has 0 aliphatic heterocycles. The Morgan fingerprint density at radius 2 is 1.80 bits per heavy atom. The van der Waals surface area contributed by atoms with Crippen molar-refractivity contribution < 1.29 is 9.18 Å². The molecule has 5 aromatic heterocycles. The summed E-state index contributed by atoms with van der Waals surface area (Å²) >= 11 is 1.41. The van der Waals surface area contributed by atoms with Crippen LogP contribution in [0.15, 0.2) is 78.6 Å². The van der Waals surface area contributed by atoms with Gasteiger partial charge in [0.1, 0.15) is 27.5 Å². The molecule has 1 aromatic carbocycles. The number of carbonyl (C=O) groups excluding carboxylic acids is 1. The number of rotatable bonds is 8. The highest BCUT2D eigenvalue weighted by atomic mass is 32.2. The van der Waals surface area contributed by atoms with Gasteiger partial charge in [0, 0.05) is 55.3 Å². The Balaban J connectivity index is 1.30. The lowest BCUT2D eigenvalue weighted by Crippen LogP contribution is -2.19. The van der Waals surface area contributed by atoms with E-state index in [4.69, 9.17) is 0 Å². The van der Waals surface area contributed by atoms with E-state index in [0.29, 0.717) is 5.56 Å². The zero-order chi connectivity index (χ0) is 27.8. The Bertz CT molecular complexity index is 1860. The first-order valence-corrected chi connectivity index (χ1v) is 13.4. The van der Waals surface area contributed by atoms with Crippen LogP contribution >= 0.6 is 11.9 Å². The molecule has 1 N–H and O–H groups in total. The zero-order valence-corrected chi connectivity index (χ0v) is 22.9. The summed E-state index contributed by atoms with van der Waals surface area (Å²) in [7, 11) is 5.55. The molecule has 10 nitrogen and oxygen atoms in total. The predicted molar refractivity (Wildman–Crippen MR) is 153 cm³/mol. The third kappa shape index (κ3) is 4.94. The van der Waals surface area contributed by atoms with Gasteiger partial charge in [0.25, 0.3) is 5.91 Å². The first-order valence-electron chi connectivity index (χ1n) is 12.6. The number of hydrogen-bond acceptors (Lipinski definition) is 7. The molecule has 5 heterocycles. The lowest BCUT2D eigenvalue weighted by molar-refractivity contribution is 0.0959. The molecule has 0 unspecified atom stereocenters. The van der Waals surface area contributed by atoms with Crippen LogP contribution in [0.4, 0.5) is 4.39 Å². The van der Waals surface area contributed by atoms with Gasteiger partial charge in [0.2, 0.25) is 0 Å². The Hall–Kier alpha value is -4.55. The number of nitrogens with one attached hydrogen (secondary N) is 1.